The highest BCUT2D eigenvalue weighted by atomic mass is 31.2. The number of ether oxygens (including phenoxy) is 2. The largest absolute Gasteiger partial charge is 0.647 e. The SMILES string of the molecule is [C-]#[N+]c1ccc(Oc2cccc(OP(=O)(Oc3ccccc3)Oc3cccc(Oc4ccc(C#N)c(C#N)c4)c3)c2)cc1[N+]#[C-]. The van der Waals surface area contributed by atoms with Crippen molar-refractivity contribution >= 4 is 19.2 Å². The normalized spacial score (nSPS) is 11.3. The predicted molar refractivity (Wildman–Crippen MR) is 164 cm³/mol. The lowest BCUT2D eigenvalue weighted by atomic mass is 10.1. The lowest BCUT2D eigenvalue weighted by Crippen LogP contribution is -2.07. The van der Waals surface area contributed by atoms with Crippen LogP contribution in [-0.4, -0.2) is 0 Å². The number of para-hydroxylation sites is 1. The summed E-state index contributed by atoms with van der Waals surface area (Å²) >= 11 is 0. The standard InChI is InChI=1S/C34H19N4O6P/c1-37-33-17-16-30(21-34(33)38-2)41-28-11-7-13-32(20-28)44-45(39,42-26-8-4-3-5-9-26)43-31-12-6-10-27(19-31)40-29-15-14-24(22-35)25(18-29)23-36/h3-21H. The fourth-order valence-corrected chi connectivity index (χ4v) is 5.15. The van der Waals surface area contributed by atoms with Gasteiger partial charge in [0.25, 0.3) is 0 Å². The summed E-state index contributed by atoms with van der Waals surface area (Å²) in [6.45, 7) is 14.5. The third-order valence-electron chi connectivity index (χ3n) is 5.90. The molecule has 0 aliphatic carbocycles. The Bertz CT molecular complexity index is 1960. The van der Waals surface area contributed by atoms with Crippen molar-refractivity contribution in [2.45, 2.75) is 0 Å². The van der Waals surface area contributed by atoms with Crippen molar-refractivity contribution in [2.75, 3.05) is 0 Å². The Morgan fingerprint density at radius 1 is 0.511 bits per heavy atom. The van der Waals surface area contributed by atoms with E-state index in [1.54, 1.807) is 72.8 Å². The molecule has 0 aromatic heterocycles. The van der Waals surface area contributed by atoms with Crippen LogP contribution in [0.4, 0.5) is 11.4 Å². The second-order valence-corrected chi connectivity index (χ2v) is 10.4. The molecule has 5 aromatic rings. The van der Waals surface area contributed by atoms with Gasteiger partial charge in [0.15, 0.2) is 11.4 Å². The van der Waals surface area contributed by atoms with Crippen molar-refractivity contribution in [3.8, 4) is 52.4 Å². The number of phosphoric acid groups is 1. The second-order valence-electron chi connectivity index (χ2n) is 8.99. The summed E-state index contributed by atoms with van der Waals surface area (Å²) in [6.07, 6.45) is 0. The van der Waals surface area contributed by atoms with E-state index in [9.17, 15) is 15.1 Å². The van der Waals surface area contributed by atoms with E-state index in [4.69, 9.17) is 36.2 Å². The van der Waals surface area contributed by atoms with Gasteiger partial charge in [-0.15, -0.1) is 0 Å². The summed E-state index contributed by atoms with van der Waals surface area (Å²) < 4.78 is 43.2. The van der Waals surface area contributed by atoms with Gasteiger partial charge in [-0.3, -0.25) is 4.85 Å². The summed E-state index contributed by atoms with van der Waals surface area (Å²) in [7, 11) is -4.40. The number of phosphoric ester groups is 1. The van der Waals surface area contributed by atoms with E-state index < -0.39 is 7.82 Å². The molecule has 0 saturated heterocycles. The van der Waals surface area contributed by atoms with E-state index in [2.05, 4.69) is 9.69 Å². The van der Waals surface area contributed by atoms with E-state index in [0.717, 1.165) is 0 Å². The van der Waals surface area contributed by atoms with E-state index in [1.165, 1.54) is 42.5 Å². The van der Waals surface area contributed by atoms with E-state index in [-0.39, 0.29) is 39.8 Å². The van der Waals surface area contributed by atoms with Crippen LogP contribution in [0.3, 0.4) is 0 Å². The van der Waals surface area contributed by atoms with Crippen molar-refractivity contribution in [1.29, 1.82) is 10.5 Å². The topological polar surface area (TPSA) is 120 Å². The Balaban J connectivity index is 1.39. The molecule has 5 rings (SSSR count). The van der Waals surface area contributed by atoms with Gasteiger partial charge in [-0.05, 0) is 66.7 Å². The molecular formula is C34H19N4O6P. The molecule has 0 aliphatic rings. The number of nitrogens with zero attached hydrogens (tertiary/aromatic N) is 4. The zero-order chi connectivity index (χ0) is 31.6. The van der Waals surface area contributed by atoms with Gasteiger partial charge in [-0.1, -0.05) is 36.4 Å². The molecule has 0 aliphatic heterocycles. The van der Waals surface area contributed by atoms with Crippen LogP contribution < -0.4 is 23.0 Å². The monoisotopic (exact) mass is 610 g/mol. The molecule has 0 heterocycles. The van der Waals surface area contributed by atoms with Crippen LogP contribution in [0, 0.1) is 35.8 Å². The van der Waals surface area contributed by atoms with Gasteiger partial charge < -0.3 is 23.0 Å². The minimum atomic E-state index is -4.40. The summed E-state index contributed by atoms with van der Waals surface area (Å²) in [4.78, 5) is 6.69. The van der Waals surface area contributed by atoms with Crippen LogP contribution in [-0.2, 0) is 4.57 Å². The third kappa shape index (κ3) is 7.58. The average Bonchev–Trinajstić information content (AvgIpc) is 3.05. The van der Waals surface area contributed by atoms with Gasteiger partial charge in [-0.2, -0.15) is 15.1 Å². The van der Waals surface area contributed by atoms with Crippen LogP contribution >= 0.6 is 7.82 Å². The fraction of sp³-hybridized carbons (Fsp3) is 0. The molecule has 0 radical (unpaired) electrons. The zero-order valence-electron chi connectivity index (χ0n) is 23.2. The van der Waals surface area contributed by atoms with Gasteiger partial charge in [0.1, 0.15) is 52.4 Å². The highest BCUT2D eigenvalue weighted by Crippen LogP contribution is 2.50. The first-order valence-corrected chi connectivity index (χ1v) is 14.5. The van der Waals surface area contributed by atoms with Crippen molar-refractivity contribution in [3.63, 3.8) is 0 Å². The first-order chi connectivity index (χ1) is 21.9. The van der Waals surface area contributed by atoms with Gasteiger partial charge in [0, 0.05) is 12.1 Å². The molecular weight excluding hydrogens is 591 g/mol. The van der Waals surface area contributed by atoms with Crippen LogP contribution in [0.15, 0.2) is 115 Å². The molecule has 10 nitrogen and oxygen atoms in total. The number of rotatable bonds is 10. The van der Waals surface area contributed by atoms with Crippen molar-refractivity contribution < 1.29 is 27.6 Å². The predicted octanol–water partition coefficient (Wildman–Crippen LogP) is 9.76. The van der Waals surface area contributed by atoms with Crippen LogP contribution in [0.25, 0.3) is 9.69 Å². The fourth-order valence-electron chi connectivity index (χ4n) is 3.91. The quantitative estimate of drug-likeness (QED) is 0.113. The molecule has 0 N–H and O–H groups in total. The van der Waals surface area contributed by atoms with E-state index in [1.807, 2.05) is 12.1 Å². The summed E-state index contributed by atoms with van der Waals surface area (Å²) in [6, 6.07) is 33.8. The highest BCUT2D eigenvalue weighted by Gasteiger charge is 2.33. The molecule has 216 valence electrons. The van der Waals surface area contributed by atoms with Gasteiger partial charge >= 0.3 is 7.82 Å². The number of hydrogen-bond acceptors (Lipinski definition) is 8. The first kappa shape index (κ1) is 29.8. The van der Waals surface area contributed by atoms with Gasteiger partial charge in [0.05, 0.1) is 24.3 Å². The Morgan fingerprint density at radius 3 is 1.58 bits per heavy atom. The van der Waals surface area contributed by atoms with Crippen molar-refractivity contribution in [3.05, 3.63) is 149 Å². The Labute approximate surface area is 258 Å². The smallest absolute Gasteiger partial charge is 0.459 e. The summed E-state index contributed by atoms with van der Waals surface area (Å²) in [5.74, 6) is 1.67. The maximum Gasteiger partial charge on any atom is 0.647 e. The molecule has 5 aromatic carbocycles. The van der Waals surface area contributed by atoms with Crippen molar-refractivity contribution in [2.24, 2.45) is 0 Å². The van der Waals surface area contributed by atoms with E-state index in [0.29, 0.717) is 23.0 Å². The highest BCUT2D eigenvalue weighted by molar-refractivity contribution is 7.49. The minimum absolute atomic E-state index is 0.0971. The number of benzene rings is 5. The summed E-state index contributed by atoms with van der Waals surface area (Å²) in [5, 5.41) is 18.5. The Kier molecular flexibility index (Phi) is 8.94. The second kappa shape index (κ2) is 13.5. The molecule has 0 spiro atoms. The molecule has 0 fully saturated rings. The number of nitriles is 2. The van der Waals surface area contributed by atoms with Gasteiger partial charge in [0.2, 0.25) is 0 Å². The maximum atomic E-state index is 14.1. The number of hydrogen-bond donors (Lipinski definition) is 0. The Hall–Kier alpha value is -6.71. The van der Waals surface area contributed by atoms with Gasteiger partial charge in [-0.25, -0.2) is 4.85 Å². The molecule has 45 heavy (non-hydrogen) atoms. The summed E-state index contributed by atoms with van der Waals surface area (Å²) in [5.41, 5.74) is 0.748. The van der Waals surface area contributed by atoms with Crippen LogP contribution in [0.5, 0.6) is 40.2 Å². The lowest BCUT2D eigenvalue weighted by Gasteiger charge is -2.20. The van der Waals surface area contributed by atoms with Crippen LogP contribution in [0.2, 0.25) is 0 Å². The Morgan fingerprint density at radius 2 is 1.00 bits per heavy atom. The molecule has 1 unspecified atom stereocenters. The molecule has 0 saturated carbocycles. The molecule has 0 bridgehead atoms. The van der Waals surface area contributed by atoms with Crippen LogP contribution in [0.1, 0.15) is 11.1 Å². The minimum Gasteiger partial charge on any atom is -0.459 e. The molecule has 11 heteroatoms. The lowest BCUT2D eigenvalue weighted by molar-refractivity contribution is 0.297. The maximum absolute atomic E-state index is 14.1. The first-order valence-electron chi connectivity index (χ1n) is 13.0. The van der Waals surface area contributed by atoms with E-state index >= 15 is 0 Å². The third-order valence-corrected chi connectivity index (χ3v) is 7.20. The molecule has 0 amide bonds. The molecule has 1 atom stereocenters. The van der Waals surface area contributed by atoms with Crippen molar-refractivity contribution in [1.82, 2.24) is 0 Å². The zero-order valence-corrected chi connectivity index (χ0v) is 24.0. The average molecular weight is 611 g/mol.